The van der Waals surface area contributed by atoms with Crippen molar-refractivity contribution < 1.29 is 9.59 Å². The van der Waals surface area contributed by atoms with Crippen molar-refractivity contribution in [1.82, 2.24) is 20.0 Å². The maximum atomic E-state index is 12.3. The second-order valence-corrected chi connectivity index (χ2v) is 5.45. The molecule has 3 aromatic rings. The molecule has 8 heteroatoms. The van der Waals surface area contributed by atoms with E-state index in [0.717, 1.165) is 0 Å². The number of aromatic amines is 1. The van der Waals surface area contributed by atoms with Crippen molar-refractivity contribution >= 4 is 28.4 Å². The maximum absolute atomic E-state index is 12.3. The van der Waals surface area contributed by atoms with Gasteiger partial charge in [0.25, 0.3) is 11.8 Å². The second-order valence-electron chi connectivity index (χ2n) is 5.45. The van der Waals surface area contributed by atoms with E-state index in [1.54, 1.807) is 29.1 Å². The van der Waals surface area contributed by atoms with Gasteiger partial charge in [0.15, 0.2) is 5.69 Å². The number of hydrogen-bond acceptors (Lipinski definition) is 4. The third-order valence-electron chi connectivity index (χ3n) is 3.45. The van der Waals surface area contributed by atoms with E-state index in [0.29, 0.717) is 22.2 Å². The number of rotatable bonds is 4. The predicted molar refractivity (Wildman–Crippen MR) is 85.2 cm³/mol. The Morgan fingerprint density at radius 3 is 2.78 bits per heavy atom. The maximum Gasteiger partial charge on any atom is 0.269 e. The highest BCUT2D eigenvalue weighted by atomic mass is 16.2. The number of benzene rings is 1. The first-order valence-electron chi connectivity index (χ1n) is 7.09. The lowest BCUT2D eigenvalue weighted by molar-refractivity contribution is 0.0995. The second kappa shape index (κ2) is 5.56. The van der Waals surface area contributed by atoms with Crippen LogP contribution in [0.2, 0.25) is 0 Å². The third kappa shape index (κ3) is 2.78. The molecule has 2 aromatic heterocycles. The molecular weight excluding hydrogens is 296 g/mol. The van der Waals surface area contributed by atoms with E-state index in [2.05, 4.69) is 20.6 Å². The van der Waals surface area contributed by atoms with Crippen LogP contribution >= 0.6 is 0 Å². The van der Waals surface area contributed by atoms with E-state index < -0.39 is 5.91 Å². The number of carbonyl (C=O) groups excluding carboxylic acids is 2. The summed E-state index contributed by atoms with van der Waals surface area (Å²) in [7, 11) is 0. The summed E-state index contributed by atoms with van der Waals surface area (Å²) in [5, 5.41) is 14.1. The van der Waals surface area contributed by atoms with Gasteiger partial charge in [-0.05, 0) is 32.0 Å². The lowest BCUT2D eigenvalue weighted by Gasteiger charge is -2.05. The Balaban J connectivity index is 1.86. The number of H-pyrrole nitrogens is 1. The fraction of sp³-hybridized carbons (Fsp3) is 0.200. The van der Waals surface area contributed by atoms with Gasteiger partial charge < -0.3 is 11.1 Å². The quantitative estimate of drug-likeness (QED) is 0.679. The number of nitrogens with zero attached hydrogens (tertiary/aromatic N) is 3. The van der Waals surface area contributed by atoms with E-state index in [1.165, 1.54) is 6.20 Å². The van der Waals surface area contributed by atoms with Gasteiger partial charge in [-0.1, -0.05) is 0 Å². The van der Waals surface area contributed by atoms with Crippen molar-refractivity contribution in [1.29, 1.82) is 0 Å². The van der Waals surface area contributed by atoms with Gasteiger partial charge in [-0.2, -0.15) is 10.2 Å². The summed E-state index contributed by atoms with van der Waals surface area (Å²) in [5.41, 5.74) is 7.10. The number of nitrogens with two attached hydrogens (primary N) is 1. The molecule has 0 unspecified atom stereocenters. The lowest BCUT2D eigenvalue weighted by Crippen LogP contribution is -2.12. The van der Waals surface area contributed by atoms with Crippen molar-refractivity contribution in [3.63, 3.8) is 0 Å². The Hall–Kier alpha value is -3.16. The molecule has 1 aromatic carbocycles. The van der Waals surface area contributed by atoms with Crippen molar-refractivity contribution in [2.45, 2.75) is 19.9 Å². The molecule has 118 valence electrons. The van der Waals surface area contributed by atoms with Gasteiger partial charge in [0.05, 0.1) is 17.3 Å². The molecule has 2 heterocycles. The average Bonchev–Trinajstić information content (AvgIpc) is 3.13. The Morgan fingerprint density at radius 1 is 1.35 bits per heavy atom. The van der Waals surface area contributed by atoms with E-state index in [1.807, 2.05) is 13.8 Å². The molecule has 0 atom stereocenters. The molecule has 3 rings (SSSR count). The van der Waals surface area contributed by atoms with Crippen LogP contribution in [-0.4, -0.2) is 31.8 Å². The highest BCUT2D eigenvalue weighted by molar-refractivity contribution is 6.07. The van der Waals surface area contributed by atoms with Crippen molar-refractivity contribution in [3.05, 3.63) is 41.9 Å². The topological polar surface area (TPSA) is 119 Å². The number of primary amides is 1. The third-order valence-corrected chi connectivity index (χ3v) is 3.45. The molecule has 0 bridgehead atoms. The SMILES string of the molecule is CC(C)n1cc(C(=O)Nc2ccc3[nH]nc(C(N)=O)c3c2)cn1. The number of hydrogen-bond donors (Lipinski definition) is 3. The fourth-order valence-corrected chi connectivity index (χ4v) is 2.22. The van der Waals surface area contributed by atoms with Gasteiger partial charge in [-0.25, -0.2) is 0 Å². The zero-order chi connectivity index (χ0) is 16.6. The monoisotopic (exact) mass is 312 g/mol. The number of fused-ring (bicyclic) bond motifs is 1. The van der Waals surface area contributed by atoms with E-state index in [4.69, 9.17) is 5.73 Å². The van der Waals surface area contributed by atoms with Gasteiger partial charge in [0, 0.05) is 23.3 Å². The summed E-state index contributed by atoms with van der Waals surface area (Å²) in [5.74, 6) is -0.904. The van der Waals surface area contributed by atoms with Gasteiger partial charge in [0.1, 0.15) is 0 Å². The zero-order valence-corrected chi connectivity index (χ0v) is 12.7. The fourth-order valence-electron chi connectivity index (χ4n) is 2.22. The van der Waals surface area contributed by atoms with Crippen LogP contribution in [0.1, 0.15) is 40.7 Å². The molecule has 8 nitrogen and oxygen atoms in total. The minimum atomic E-state index is -0.627. The highest BCUT2D eigenvalue weighted by Gasteiger charge is 2.14. The summed E-state index contributed by atoms with van der Waals surface area (Å²) in [4.78, 5) is 23.6. The molecule has 4 N–H and O–H groups in total. The summed E-state index contributed by atoms with van der Waals surface area (Å²) in [6, 6.07) is 5.28. The number of carbonyl (C=O) groups is 2. The first-order valence-corrected chi connectivity index (χ1v) is 7.09. The molecule has 0 spiro atoms. The van der Waals surface area contributed by atoms with Crippen molar-refractivity contribution in [2.24, 2.45) is 5.73 Å². The first kappa shape index (κ1) is 14.8. The standard InChI is InChI=1S/C15H16N6O2/c1-8(2)21-7-9(6-17-21)15(23)18-10-3-4-12-11(5-10)13(14(16)22)20-19-12/h3-8H,1-2H3,(H2,16,22)(H,18,23)(H,19,20). The lowest BCUT2D eigenvalue weighted by atomic mass is 10.1. The number of amides is 2. The first-order chi connectivity index (χ1) is 11.0. The Labute approximate surface area is 131 Å². The van der Waals surface area contributed by atoms with Gasteiger partial charge in [-0.3, -0.25) is 19.4 Å². The van der Waals surface area contributed by atoms with Gasteiger partial charge >= 0.3 is 0 Å². The Kier molecular flexibility index (Phi) is 3.57. The molecule has 0 fully saturated rings. The largest absolute Gasteiger partial charge is 0.364 e. The Bertz CT molecular complexity index is 892. The minimum Gasteiger partial charge on any atom is -0.364 e. The molecule has 0 aliphatic rings. The molecule has 0 saturated carbocycles. The molecule has 0 saturated heterocycles. The van der Waals surface area contributed by atoms with Crippen LogP contribution in [-0.2, 0) is 0 Å². The Morgan fingerprint density at radius 2 is 2.13 bits per heavy atom. The molecule has 2 amide bonds. The normalized spacial score (nSPS) is 11.1. The minimum absolute atomic E-state index is 0.142. The molecule has 0 aliphatic carbocycles. The summed E-state index contributed by atoms with van der Waals surface area (Å²) >= 11 is 0. The number of nitrogens with one attached hydrogen (secondary N) is 2. The van der Waals surface area contributed by atoms with E-state index in [9.17, 15) is 9.59 Å². The predicted octanol–water partition coefficient (Wildman–Crippen LogP) is 1.69. The number of anilines is 1. The zero-order valence-electron chi connectivity index (χ0n) is 12.7. The van der Waals surface area contributed by atoms with Crippen LogP contribution < -0.4 is 11.1 Å². The van der Waals surface area contributed by atoms with Crippen LogP contribution in [0.3, 0.4) is 0 Å². The van der Waals surface area contributed by atoms with Crippen LogP contribution in [0.5, 0.6) is 0 Å². The smallest absolute Gasteiger partial charge is 0.269 e. The summed E-state index contributed by atoms with van der Waals surface area (Å²) in [6.07, 6.45) is 3.20. The van der Waals surface area contributed by atoms with Crippen molar-refractivity contribution in [3.8, 4) is 0 Å². The van der Waals surface area contributed by atoms with Gasteiger partial charge in [-0.15, -0.1) is 0 Å². The van der Waals surface area contributed by atoms with Crippen LogP contribution in [0.15, 0.2) is 30.6 Å². The van der Waals surface area contributed by atoms with Crippen molar-refractivity contribution in [2.75, 3.05) is 5.32 Å². The highest BCUT2D eigenvalue weighted by Crippen LogP contribution is 2.21. The number of aromatic nitrogens is 4. The summed E-state index contributed by atoms with van der Waals surface area (Å²) < 4.78 is 1.71. The average molecular weight is 312 g/mol. The molecule has 0 aliphatic heterocycles. The molecule has 0 radical (unpaired) electrons. The molecular formula is C15H16N6O2. The molecule has 23 heavy (non-hydrogen) atoms. The van der Waals surface area contributed by atoms with E-state index >= 15 is 0 Å². The summed E-state index contributed by atoms with van der Waals surface area (Å²) in [6.45, 7) is 3.96. The van der Waals surface area contributed by atoms with Crippen LogP contribution in [0.25, 0.3) is 10.9 Å². The van der Waals surface area contributed by atoms with E-state index in [-0.39, 0.29) is 17.6 Å². The van der Waals surface area contributed by atoms with Crippen LogP contribution in [0.4, 0.5) is 5.69 Å². The van der Waals surface area contributed by atoms with Gasteiger partial charge in [0.2, 0.25) is 0 Å². The van der Waals surface area contributed by atoms with Crippen LogP contribution in [0, 0.1) is 0 Å².